The quantitative estimate of drug-likeness (QED) is 0.553. The molecule has 10 heteroatoms. The van der Waals surface area contributed by atoms with Crippen LogP contribution in [-0.4, -0.2) is 49.5 Å². The van der Waals surface area contributed by atoms with E-state index in [1.807, 2.05) is 30.5 Å². The van der Waals surface area contributed by atoms with E-state index in [1.165, 1.54) is 23.9 Å². The summed E-state index contributed by atoms with van der Waals surface area (Å²) in [7, 11) is -3.78. The van der Waals surface area contributed by atoms with Gasteiger partial charge in [-0.15, -0.1) is 23.5 Å². The van der Waals surface area contributed by atoms with Gasteiger partial charge in [0, 0.05) is 17.1 Å². The molecule has 2 unspecified atom stereocenters. The van der Waals surface area contributed by atoms with Gasteiger partial charge in [0.15, 0.2) is 15.1 Å². The number of carbonyl (C=O) groups excluding carboxylic acids is 2. The van der Waals surface area contributed by atoms with Gasteiger partial charge in [-0.25, -0.2) is 8.42 Å². The first-order valence-corrected chi connectivity index (χ1v) is 12.6. The molecule has 1 aliphatic rings. The smallest absolute Gasteiger partial charge is 0.241 e. The molecule has 1 saturated heterocycles. The van der Waals surface area contributed by atoms with Crippen molar-refractivity contribution in [1.82, 2.24) is 10.6 Å². The number of anilines is 1. The van der Waals surface area contributed by atoms with Crippen molar-refractivity contribution in [2.75, 3.05) is 23.9 Å². The van der Waals surface area contributed by atoms with Gasteiger partial charge in [0.05, 0.1) is 10.6 Å². The highest BCUT2D eigenvalue weighted by atomic mass is 32.2. The third kappa shape index (κ3) is 5.53. The van der Waals surface area contributed by atoms with Crippen LogP contribution in [0.3, 0.4) is 0 Å². The fourth-order valence-corrected chi connectivity index (χ4v) is 5.56. The third-order valence-electron chi connectivity index (χ3n) is 4.24. The summed E-state index contributed by atoms with van der Waals surface area (Å²) < 4.78 is 25.3. The Labute approximate surface area is 178 Å². The lowest BCUT2D eigenvalue weighted by molar-refractivity contribution is -0.122. The van der Waals surface area contributed by atoms with Crippen LogP contribution in [0.25, 0.3) is 0 Å². The SMILES string of the molecule is CSc1cccc(NC(=O)CSC2NCC(S(=O)(=O)c3ccccc3)C(=O)N2)c1. The molecule has 0 radical (unpaired) electrons. The number of amides is 2. The lowest BCUT2D eigenvalue weighted by Crippen LogP contribution is -2.59. The van der Waals surface area contributed by atoms with Crippen molar-refractivity contribution in [3.05, 3.63) is 54.6 Å². The van der Waals surface area contributed by atoms with Crippen LogP contribution in [0.1, 0.15) is 0 Å². The number of hydrogen-bond acceptors (Lipinski definition) is 7. The van der Waals surface area contributed by atoms with Gasteiger partial charge >= 0.3 is 0 Å². The Bertz CT molecular complexity index is 983. The van der Waals surface area contributed by atoms with E-state index in [2.05, 4.69) is 16.0 Å². The first-order valence-electron chi connectivity index (χ1n) is 8.78. The fraction of sp³-hybridized carbons (Fsp3) is 0.263. The Morgan fingerprint density at radius 3 is 2.62 bits per heavy atom. The Kier molecular flexibility index (Phi) is 7.23. The van der Waals surface area contributed by atoms with Crippen molar-refractivity contribution in [2.45, 2.75) is 20.5 Å². The van der Waals surface area contributed by atoms with E-state index in [4.69, 9.17) is 0 Å². The van der Waals surface area contributed by atoms with Crippen LogP contribution in [0, 0.1) is 0 Å². The first-order chi connectivity index (χ1) is 13.9. The standard InChI is InChI=1S/C19H21N3O4S3/c1-27-14-7-5-6-13(10-14)21-17(23)12-28-19-20-11-16(18(24)22-19)29(25,26)15-8-3-2-4-9-15/h2-10,16,19-20H,11-12H2,1H3,(H,21,23)(H,22,24). The second-order valence-corrected chi connectivity index (χ2v) is 10.3. The monoisotopic (exact) mass is 451 g/mol. The molecular formula is C19H21N3O4S3. The molecule has 2 atom stereocenters. The molecule has 2 aromatic rings. The minimum atomic E-state index is -3.78. The number of hydrogen-bond donors (Lipinski definition) is 3. The molecule has 0 bridgehead atoms. The third-order valence-corrected chi connectivity index (χ3v) is 8.07. The lowest BCUT2D eigenvalue weighted by Gasteiger charge is -2.29. The number of benzene rings is 2. The first kappa shape index (κ1) is 21.7. The van der Waals surface area contributed by atoms with Gasteiger partial charge < -0.3 is 10.6 Å². The van der Waals surface area contributed by atoms with Crippen LogP contribution in [0.2, 0.25) is 0 Å². The summed E-state index contributed by atoms with van der Waals surface area (Å²) in [6, 6.07) is 15.4. The predicted octanol–water partition coefficient (Wildman–Crippen LogP) is 1.93. The van der Waals surface area contributed by atoms with Gasteiger partial charge in [-0.05, 0) is 36.6 Å². The fourth-order valence-electron chi connectivity index (χ4n) is 2.76. The van der Waals surface area contributed by atoms with Crippen molar-refractivity contribution < 1.29 is 18.0 Å². The molecule has 1 aliphatic heterocycles. The summed E-state index contributed by atoms with van der Waals surface area (Å²) in [4.78, 5) is 25.7. The molecule has 3 N–H and O–H groups in total. The summed E-state index contributed by atoms with van der Waals surface area (Å²) >= 11 is 2.78. The van der Waals surface area contributed by atoms with E-state index in [0.717, 1.165) is 4.90 Å². The molecular weight excluding hydrogens is 430 g/mol. The molecule has 0 saturated carbocycles. The normalized spacial score (nSPS) is 19.4. The molecule has 3 rings (SSSR count). The molecule has 0 spiro atoms. The van der Waals surface area contributed by atoms with E-state index >= 15 is 0 Å². The highest BCUT2D eigenvalue weighted by Gasteiger charge is 2.38. The zero-order chi connectivity index (χ0) is 20.9. The van der Waals surface area contributed by atoms with Gasteiger partial charge in [-0.1, -0.05) is 24.3 Å². The number of thioether (sulfide) groups is 2. The minimum Gasteiger partial charge on any atom is -0.331 e. The van der Waals surface area contributed by atoms with Crippen molar-refractivity contribution >= 4 is 50.9 Å². The molecule has 1 fully saturated rings. The maximum atomic E-state index is 12.7. The van der Waals surface area contributed by atoms with Crippen molar-refractivity contribution in [1.29, 1.82) is 0 Å². The van der Waals surface area contributed by atoms with E-state index in [0.29, 0.717) is 5.69 Å². The Hall–Kier alpha value is -2.01. The molecule has 0 aromatic heterocycles. The zero-order valence-corrected chi connectivity index (χ0v) is 18.1. The van der Waals surface area contributed by atoms with E-state index in [1.54, 1.807) is 30.0 Å². The molecule has 0 aliphatic carbocycles. The van der Waals surface area contributed by atoms with Gasteiger partial charge in [-0.3, -0.25) is 14.9 Å². The van der Waals surface area contributed by atoms with Crippen LogP contribution >= 0.6 is 23.5 Å². The topological polar surface area (TPSA) is 104 Å². The predicted molar refractivity (Wildman–Crippen MR) is 117 cm³/mol. The van der Waals surface area contributed by atoms with E-state index < -0.39 is 26.5 Å². The average Bonchev–Trinajstić information content (AvgIpc) is 2.73. The molecule has 1 heterocycles. The molecule has 154 valence electrons. The number of carbonyl (C=O) groups is 2. The summed E-state index contributed by atoms with van der Waals surface area (Å²) in [5, 5.41) is 7.22. The largest absolute Gasteiger partial charge is 0.331 e. The number of nitrogens with one attached hydrogen (secondary N) is 3. The van der Waals surface area contributed by atoms with Crippen molar-refractivity contribution in [2.24, 2.45) is 0 Å². The molecule has 2 aromatic carbocycles. The van der Waals surface area contributed by atoms with Crippen LogP contribution in [-0.2, 0) is 19.4 Å². The Balaban J connectivity index is 1.52. The second-order valence-electron chi connectivity index (χ2n) is 6.23. The van der Waals surface area contributed by atoms with Gasteiger partial charge in [-0.2, -0.15) is 0 Å². The Morgan fingerprint density at radius 1 is 1.17 bits per heavy atom. The summed E-state index contributed by atoms with van der Waals surface area (Å²) in [6.45, 7) is -0.0158. The average molecular weight is 452 g/mol. The summed E-state index contributed by atoms with van der Waals surface area (Å²) in [5.41, 5.74) is 0.171. The number of sulfone groups is 1. The second kappa shape index (κ2) is 9.66. The minimum absolute atomic E-state index is 0.0158. The molecule has 7 nitrogen and oxygen atoms in total. The molecule has 29 heavy (non-hydrogen) atoms. The maximum Gasteiger partial charge on any atom is 0.241 e. The summed E-state index contributed by atoms with van der Waals surface area (Å²) in [5.74, 6) is -0.668. The number of rotatable bonds is 7. The van der Waals surface area contributed by atoms with Crippen LogP contribution in [0.15, 0.2) is 64.4 Å². The van der Waals surface area contributed by atoms with Gasteiger partial charge in [0.2, 0.25) is 11.8 Å². The highest BCUT2D eigenvalue weighted by Crippen LogP contribution is 2.21. The van der Waals surface area contributed by atoms with Crippen molar-refractivity contribution in [3.63, 3.8) is 0 Å². The lowest BCUT2D eigenvalue weighted by atomic mass is 10.3. The summed E-state index contributed by atoms with van der Waals surface area (Å²) in [6.07, 6.45) is 1.96. The van der Waals surface area contributed by atoms with Crippen LogP contribution < -0.4 is 16.0 Å². The van der Waals surface area contributed by atoms with Gasteiger partial charge in [0.25, 0.3) is 0 Å². The van der Waals surface area contributed by atoms with Gasteiger partial charge in [0.1, 0.15) is 5.50 Å². The van der Waals surface area contributed by atoms with E-state index in [9.17, 15) is 18.0 Å². The van der Waals surface area contributed by atoms with Crippen LogP contribution in [0.4, 0.5) is 5.69 Å². The van der Waals surface area contributed by atoms with E-state index in [-0.39, 0.29) is 23.1 Å². The maximum absolute atomic E-state index is 12.7. The zero-order valence-electron chi connectivity index (χ0n) is 15.6. The van der Waals surface area contributed by atoms with Crippen molar-refractivity contribution in [3.8, 4) is 0 Å². The Morgan fingerprint density at radius 2 is 1.93 bits per heavy atom. The molecule has 2 amide bonds. The highest BCUT2D eigenvalue weighted by molar-refractivity contribution is 8.00. The van der Waals surface area contributed by atoms with Crippen LogP contribution in [0.5, 0.6) is 0 Å².